The van der Waals surface area contributed by atoms with Crippen LogP contribution >= 0.6 is 11.3 Å². The number of amides is 1. The summed E-state index contributed by atoms with van der Waals surface area (Å²) in [6.45, 7) is 0. The fourth-order valence-electron chi connectivity index (χ4n) is 3.25. The number of anilines is 1. The van der Waals surface area contributed by atoms with Gasteiger partial charge in [0.1, 0.15) is 16.5 Å². The molecule has 3 aromatic carbocycles. The lowest BCUT2D eigenvalue weighted by Gasteiger charge is -2.07. The number of nitrogens with zero attached hydrogens (tertiary/aromatic N) is 2. The normalized spacial score (nSPS) is 12.1. The van der Waals surface area contributed by atoms with Gasteiger partial charge in [0.25, 0.3) is 11.5 Å². The van der Waals surface area contributed by atoms with Gasteiger partial charge in [0.2, 0.25) is 0 Å². The van der Waals surface area contributed by atoms with E-state index in [4.69, 9.17) is 4.74 Å². The molecule has 0 aliphatic heterocycles. The second-order valence-electron chi connectivity index (χ2n) is 6.98. The lowest BCUT2D eigenvalue weighted by molar-refractivity contribution is -0.111. The molecule has 7 heteroatoms. The molecule has 33 heavy (non-hydrogen) atoms. The predicted molar refractivity (Wildman–Crippen MR) is 130 cm³/mol. The van der Waals surface area contributed by atoms with Crippen molar-refractivity contribution in [2.45, 2.75) is 0 Å². The number of carbonyl (C=O) groups is 1. The van der Waals surface area contributed by atoms with Gasteiger partial charge in [-0.15, -0.1) is 11.3 Å². The van der Waals surface area contributed by atoms with Crippen LogP contribution in [0, 0.1) is 11.3 Å². The topological polar surface area (TPSA) is 84.1 Å². The molecular weight excluding hydrogens is 434 g/mol. The van der Waals surface area contributed by atoms with Gasteiger partial charge in [-0.2, -0.15) is 5.26 Å². The smallest absolute Gasteiger partial charge is 0.273 e. The van der Waals surface area contributed by atoms with Crippen LogP contribution in [0.25, 0.3) is 17.3 Å². The van der Waals surface area contributed by atoms with Crippen LogP contribution in [-0.4, -0.2) is 17.6 Å². The number of para-hydroxylation sites is 1. The molecule has 1 N–H and O–H groups in total. The van der Waals surface area contributed by atoms with Crippen molar-refractivity contribution in [2.24, 2.45) is 0 Å². The van der Waals surface area contributed by atoms with Crippen molar-refractivity contribution in [1.82, 2.24) is 4.57 Å². The van der Waals surface area contributed by atoms with E-state index in [9.17, 15) is 14.9 Å². The van der Waals surface area contributed by atoms with Crippen molar-refractivity contribution in [3.63, 3.8) is 0 Å². The number of hydrogen-bond acceptors (Lipinski definition) is 5. The molecule has 0 saturated heterocycles. The number of aromatic nitrogens is 1. The summed E-state index contributed by atoms with van der Waals surface area (Å²) in [6.07, 6.45) is 1.75. The maximum Gasteiger partial charge on any atom is 0.273 e. The van der Waals surface area contributed by atoms with E-state index in [1.165, 1.54) is 11.7 Å². The number of nitrogens with one attached hydrogen (secondary N) is 1. The Kier molecular flexibility index (Phi) is 6.48. The van der Waals surface area contributed by atoms with Crippen molar-refractivity contribution in [2.75, 3.05) is 12.4 Å². The molecule has 0 radical (unpaired) electrons. The molecule has 0 bridgehead atoms. The molecule has 1 aromatic heterocycles. The SMILES string of the molecule is COc1cccc(NC(=O)C(C#N)=c2sc(=Cc3ccccc3)c(=O)n2-c2ccccc2)c1. The molecular formula is C26H19N3O3S. The van der Waals surface area contributed by atoms with Crippen LogP contribution in [0.3, 0.4) is 0 Å². The highest BCUT2D eigenvalue weighted by Crippen LogP contribution is 2.17. The summed E-state index contributed by atoms with van der Waals surface area (Å²) in [7, 11) is 1.53. The van der Waals surface area contributed by atoms with E-state index in [1.807, 2.05) is 42.5 Å². The third-order valence-corrected chi connectivity index (χ3v) is 5.91. The Morgan fingerprint density at radius 2 is 1.73 bits per heavy atom. The van der Waals surface area contributed by atoms with Crippen molar-refractivity contribution in [3.8, 4) is 17.5 Å². The highest BCUT2D eigenvalue weighted by molar-refractivity contribution is 7.07. The monoisotopic (exact) mass is 453 g/mol. The number of rotatable bonds is 5. The summed E-state index contributed by atoms with van der Waals surface area (Å²) < 4.78 is 7.27. The zero-order valence-corrected chi connectivity index (χ0v) is 18.5. The number of ether oxygens (including phenoxy) is 1. The van der Waals surface area contributed by atoms with Gasteiger partial charge in [0.15, 0.2) is 5.57 Å². The third kappa shape index (κ3) is 4.76. The molecule has 4 aromatic rings. The van der Waals surface area contributed by atoms with Crippen LogP contribution in [0.1, 0.15) is 5.56 Å². The second kappa shape index (κ2) is 9.81. The minimum Gasteiger partial charge on any atom is -0.497 e. The van der Waals surface area contributed by atoms with Crippen molar-refractivity contribution in [1.29, 1.82) is 5.26 Å². The molecule has 0 fully saturated rings. The van der Waals surface area contributed by atoms with Crippen LogP contribution in [0.4, 0.5) is 5.69 Å². The number of nitriles is 1. The van der Waals surface area contributed by atoms with Gasteiger partial charge in [0.05, 0.1) is 17.3 Å². The van der Waals surface area contributed by atoms with Crippen LogP contribution < -0.4 is 24.8 Å². The number of benzene rings is 3. The summed E-state index contributed by atoms with van der Waals surface area (Å²) in [5.41, 5.74) is 1.45. The minimum absolute atomic E-state index is 0.156. The van der Waals surface area contributed by atoms with Gasteiger partial charge in [-0.25, -0.2) is 0 Å². The number of hydrogen-bond donors (Lipinski definition) is 1. The van der Waals surface area contributed by atoms with Gasteiger partial charge < -0.3 is 10.1 Å². The lowest BCUT2D eigenvalue weighted by atomic mass is 10.2. The summed E-state index contributed by atoms with van der Waals surface area (Å²) in [5.74, 6) is -0.0358. The zero-order chi connectivity index (χ0) is 23.2. The van der Waals surface area contributed by atoms with Crippen LogP contribution in [0.15, 0.2) is 89.7 Å². The average Bonchev–Trinajstić information content (AvgIpc) is 3.16. The quantitative estimate of drug-likeness (QED) is 0.503. The second-order valence-corrected chi connectivity index (χ2v) is 8.01. The molecule has 0 saturated carbocycles. The maximum atomic E-state index is 13.4. The number of carbonyl (C=O) groups excluding carboxylic acids is 1. The Balaban J connectivity index is 1.92. The van der Waals surface area contributed by atoms with Crippen molar-refractivity contribution >= 4 is 34.6 Å². The largest absolute Gasteiger partial charge is 0.497 e. The standard InChI is InChI=1S/C26H19N3O3S/c1-32-21-14-8-11-19(16-21)28-24(30)22(17-27)26-29(20-12-6-3-7-13-20)25(31)23(33-26)15-18-9-4-2-5-10-18/h2-16H,1H3,(H,28,30). The molecule has 6 nitrogen and oxygen atoms in total. The fourth-order valence-corrected chi connectivity index (χ4v) is 4.35. The maximum absolute atomic E-state index is 13.4. The first kappa shape index (κ1) is 21.8. The molecule has 0 aliphatic rings. The fraction of sp³-hybridized carbons (Fsp3) is 0.0385. The number of thiazole rings is 1. The Bertz CT molecular complexity index is 1510. The van der Waals surface area contributed by atoms with Crippen molar-refractivity contribution < 1.29 is 9.53 Å². The summed E-state index contributed by atoms with van der Waals surface area (Å²) in [5, 5.41) is 12.6. The highest BCUT2D eigenvalue weighted by atomic mass is 32.1. The Labute approximate surface area is 193 Å². The van der Waals surface area contributed by atoms with Gasteiger partial charge in [-0.05, 0) is 35.9 Å². The zero-order valence-electron chi connectivity index (χ0n) is 17.7. The Morgan fingerprint density at radius 1 is 1.03 bits per heavy atom. The van der Waals surface area contributed by atoms with E-state index < -0.39 is 5.91 Å². The van der Waals surface area contributed by atoms with Crippen LogP contribution in [-0.2, 0) is 4.79 Å². The molecule has 0 unspecified atom stereocenters. The van der Waals surface area contributed by atoms with Gasteiger partial charge >= 0.3 is 0 Å². The molecule has 162 valence electrons. The first-order valence-electron chi connectivity index (χ1n) is 10.0. The molecule has 0 spiro atoms. The first-order chi connectivity index (χ1) is 16.1. The van der Waals surface area contributed by atoms with Crippen LogP contribution in [0.2, 0.25) is 0 Å². The Morgan fingerprint density at radius 3 is 2.39 bits per heavy atom. The van der Waals surface area contributed by atoms with Gasteiger partial charge in [-0.3, -0.25) is 14.2 Å². The minimum atomic E-state index is -0.608. The van der Waals surface area contributed by atoms with Gasteiger partial charge in [-0.1, -0.05) is 54.6 Å². The molecule has 1 heterocycles. The van der Waals surface area contributed by atoms with E-state index >= 15 is 0 Å². The van der Waals surface area contributed by atoms with E-state index in [0.717, 1.165) is 16.9 Å². The Hall–Kier alpha value is -4.41. The van der Waals surface area contributed by atoms with Gasteiger partial charge in [0, 0.05) is 11.8 Å². The molecule has 0 aliphatic carbocycles. The summed E-state index contributed by atoms with van der Waals surface area (Å²) in [6, 6.07) is 27.2. The van der Waals surface area contributed by atoms with E-state index in [1.54, 1.807) is 54.6 Å². The average molecular weight is 454 g/mol. The number of methoxy groups -OCH3 is 1. The third-order valence-electron chi connectivity index (χ3n) is 4.82. The van der Waals surface area contributed by atoms with Crippen LogP contribution in [0.5, 0.6) is 5.75 Å². The summed E-state index contributed by atoms with van der Waals surface area (Å²) >= 11 is 1.10. The lowest BCUT2D eigenvalue weighted by Crippen LogP contribution is -2.32. The summed E-state index contributed by atoms with van der Waals surface area (Å²) in [4.78, 5) is 26.4. The van der Waals surface area contributed by atoms with Crippen molar-refractivity contribution in [3.05, 3.63) is 110 Å². The molecule has 4 rings (SSSR count). The first-order valence-corrected chi connectivity index (χ1v) is 10.9. The van der Waals surface area contributed by atoms with E-state index in [-0.39, 0.29) is 15.8 Å². The van der Waals surface area contributed by atoms with E-state index in [0.29, 0.717) is 21.7 Å². The molecule has 1 amide bonds. The van der Waals surface area contributed by atoms with E-state index in [2.05, 4.69) is 5.32 Å². The molecule has 0 atom stereocenters. The predicted octanol–water partition coefficient (Wildman–Crippen LogP) is 3.05. The highest BCUT2D eigenvalue weighted by Gasteiger charge is 2.17.